The van der Waals surface area contributed by atoms with E-state index in [0.717, 1.165) is 16.7 Å². The van der Waals surface area contributed by atoms with Crippen LogP contribution in [0.3, 0.4) is 0 Å². The Morgan fingerprint density at radius 1 is 0.767 bits per heavy atom. The third kappa shape index (κ3) is 4.95. The highest BCUT2D eigenvalue weighted by Gasteiger charge is 2.39. The van der Waals surface area contributed by atoms with Gasteiger partial charge >= 0.3 is 0 Å². The minimum absolute atomic E-state index is 0.402. The molecule has 1 aliphatic heterocycles. The SMILES string of the molecule is O=C1[C@H](F)[C@@H](N(Cc2ccccc2)Cc2ccccc2)CCN1Cc1ccccc1. The topological polar surface area (TPSA) is 23.6 Å². The summed E-state index contributed by atoms with van der Waals surface area (Å²) in [5, 5.41) is 0. The van der Waals surface area contributed by atoms with Crippen molar-refractivity contribution in [2.75, 3.05) is 6.54 Å². The van der Waals surface area contributed by atoms with Crippen molar-refractivity contribution < 1.29 is 9.18 Å². The molecule has 154 valence electrons. The summed E-state index contributed by atoms with van der Waals surface area (Å²) in [6.07, 6.45) is -0.894. The Morgan fingerprint density at radius 3 is 1.73 bits per heavy atom. The van der Waals surface area contributed by atoms with E-state index in [9.17, 15) is 4.79 Å². The van der Waals surface area contributed by atoms with Crippen molar-refractivity contribution in [3.8, 4) is 0 Å². The highest BCUT2D eigenvalue weighted by Crippen LogP contribution is 2.26. The van der Waals surface area contributed by atoms with E-state index < -0.39 is 18.1 Å². The quantitative estimate of drug-likeness (QED) is 0.565. The van der Waals surface area contributed by atoms with Crippen LogP contribution in [0, 0.1) is 0 Å². The van der Waals surface area contributed by atoms with E-state index in [2.05, 4.69) is 29.2 Å². The van der Waals surface area contributed by atoms with E-state index in [-0.39, 0.29) is 0 Å². The summed E-state index contributed by atoms with van der Waals surface area (Å²) in [5.74, 6) is -0.402. The Kier molecular flexibility index (Phi) is 6.55. The zero-order chi connectivity index (χ0) is 20.8. The first-order valence-corrected chi connectivity index (χ1v) is 10.5. The second-order valence-corrected chi connectivity index (χ2v) is 7.88. The maximum absolute atomic E-state index is 15.4. The van der Waals surface area contributed by atoms with Crippen molar-refractivity contribution in [2.24, 2.45) is 0 Å². The number of benzene rings is 3. The monoisotopic (exact) mass is 402 g/mol. The highest BCUT2D eigenvalue weighted by molar-refractivity contribution is 5.82. The maximum Gasteiger partial charge on any atom is 0.259 e. The van der Waals surface area contributed by atoms with Gasteiger partial charge in [-0.1, -0.05) is 91.0 Å². The predicted molar refractivity (Wildman–Crippen MR) is 117 cm³/mol. The smallest absolute Gasteiger partial charge is 0.259 e. The van der Waals surface area contributed by atoms with Gasteiger partial charge in [-0.3, -0.25) is 9.69 Å². The molecule has 0 aromatic heterocycles. The number of halogens is 1. The standard InChI is InChI=1S/C26H27FN2O/c27-25-24(16-17-28(26(25)30)18-21-10-4-1-5-11-21)29(19-22-12-6-2-7-13-22)20-23-14-8-3-9-15-23/h1-15,24-25H,16-20H2/t24-,25+/m0/s1. The van der Waals surface area contributed by atoms with Crippen LogP contribution < -0.4 is 0 Å². The van der Waals surface area contributed by atoms with Crippen molar-refractivity contribution in [1.29, 1.82) is 0 Å². The van der Waals surface area contributed by atoms with Gasteiger partial charge in [0.25, 0.3) is 5.91 Å². The van der Waals surface area contributed by atoms with E-state index in [1.807, 2.05) is 66.7 Å². The Balaban J connectivity index is 1.50. The lowest BCUT2D eigenvalue weighted by Crippen LogP contribution is -2.55. The number of carbonyl (C=O) groups is 1. The second-order valence-electron chi connectivity index (χ2n) is 7.88. The van der Waals surface area contributed by atoms with Crippen LogP contribution in [0.1, 0.15) is 23.1 Å². The fourth-order valence-corrected chi connectivity index (χ4v) is 4.14. The second kappa shape index (κ2) is 9.68. The number of carbonyl (C=O) groups excluding carboxylic acids is 1. The summed E-state index contributed by atoms with van der Waals surface area (Å²) >= 11 is 0. The minimum Gasteiger partial charge on any atom is -0.336 e. The van der Waals surface area contributed by atoms with Crippen molar-refractivity contribution in [1.82, 2.24) is 9.80 Å². The molecule has 1 aliphatic rings. The molecule has 3 nitrogen and oxygen atoms in total. The van der Waals surface area contributed by atoms with Crippen LogP contribution in [-0.2, 0) is 24.4 Å². The van der Waals surface area contributed by atoms with Crippen LogP contribution in [0.25, 0.3) is 0 Å². The Bertz CT molecular complexity index is 892. The maximum atomic E-state index is 15.4. The van der Waals surface area contributed by atoms with Gasteiger partial charge in [0.1, 0.15) is 0 Å². The molecule has 30 heavy (non-hydrogen) atoms. The Morgan fingerprint density at radius 2 is 1.23 bits per heavy atom. The zero-order valence-corrected chi connectivity index (χ0v) is 17.0. The molecule has 0 saturated carbocycles. The molecule has 0 bridgehead atoms. The molecule has 0 spiro atoms. The van der Waals surface area contributed by atoms with Crippen molar-refractivity contribution >= 4 is 5.91 Å². The average molecular weight is 403 g/mol. The first kappa shape index (κ1) is 20.3. The van der Waals surface area contributed by atoms with Crippen LogP contribution >= 0.6 is 0 Å². The summed E-state index contributed by atoms with van der Waals surface area (Å²) in [6, 6.07) is 29.5. The van der Waals surface area contributed by atoms with Gasteiger partial charge in [-0.15, -0.1) is 0 Å². The number of hydrogen-bond acceptors (Lipinski definition) is 2. The first-order valence-electron chi connectivity index (χ1n) is 10.5. The largest absolute Gasteiger partial charge is 0.336 e. The molecule has 0 N–H and O–H groups in total. The number of hydrogen-bond donors (Lipinski definition) is 0. The zero-order valence-electron chi connectivity index (χ0n) is 17.0. The van der Waals surface area contributed by atoms with E-state index in [1.54, 1.807) is 4.90 Å². The molecule has 1 heterocycles. The number of likely N-dealkylation sites (tertiary alicyclic amines) is 1. The summed E-state index contributed by atoms with van der Waals surface area (Å²) in [4.78, 5) is 16.6. The molecular formula is C26H27FN2O. The highest BCUT2D eigenvalue weighted by atomic mass is 19.1. The van der Waals surface area contributed by atoms with Gasteiger partial charge < -0.3 is 4.90 Å². The molecule has 0 radical (unpaired) electrons. The molecule has 1 saturated heterocycles. The van der Waals surface area contributed by atoms with Gasteiger partial charge in [0.2, 0.25) is 0 Å². The van der Waals surface area contributed by atoms with Crippen LogP contribution in [-0.4, -0.2) is 34.5 Å². The molecule has 4 heteroatoms. The minimum atomic E-state index is -1.52. The van der Waals surface area contributed by atoms with Gasteiger partial charge in [-0.05, 0) is 23.1 Å². The summed E-state index contributed by atoms with van der Waals surface area (Å²) in [5.41, 5.74) is 3.28. The van der Waals surface area contributed by atoms with Crippen molar-refractivity contribution in [3.05, 3.63) is 108 Å². The van der Waals surface area contributed by atoms with Crippen LogP contribution in [0.5, 0.6) is 0 Å². The molecular weight excluding hydrogens is 375 g/mol. The van der Waals surface area contributed by atoms with Crippen molar-refractivity contribution in [2.45, 2.75) is 38.3 Å². The number of alkyl halides is 1. The third-order valence-electron chi connectivity index (χ3n) is 5.72. The molecule has 4 rings (SSSR count). The van der Waals surface area contributed by atoms with E-state index >= 15 is 4.39 Å². The average Bonchev–Trinajstić information content (AvgIpc) is 2.79. The molecule has 3 aromatic carbocycles. The lowest BCUT2D eigenvalue weighted by Gasteiger charge is -2.40. The molecule has 1 amide bonds. The van der Waals surface area contributed by atoms with Gasteiger partial charge in [0, 0.05) is 26.2 Å². The first-order chi connectivity index (χ1) is 14.7. The van der Waals surface area contributed by atoms with Crippen LogP contribution in [0.2, 0.25) is 0 Å². The van der Waals surface area contributed by atoms with Gasteiger partial charge in [-0.25, -0.2) is 4.39 Å². The molecule has 0 unspecified atom stereocenters. The fraction of sp³-hybridized carbons (Fsp3) is 0.269. The molecule has 0 aliphatic carbocycles. The molecule has 3 aromatic rings. The summed E-state index contributed by atoms with van der Waals surface area (Å²) in [7, 11) is 0. The van der Waals surface area contributed by atoms with E-state index in [1.165, 1.54) is 0 Å². The predicted octanol–water partition coefficient (Wildman–Crippen LogP) is 4.83. The Labute approximate surface area is 177 Å². The molecule has 2 atom stereocenters. The lowest BCUT2D eigenvalue weighted by atomic mass is 9.98. The number of amides is 1. The Hall–Kier alpha value is -2.98. The van der Waals surface area contributed by atoms with Crippen molar-refractivity contribution in [3.63, 3.8) is 0 Å². The van der Waals surface area contributed by atoms with Gasteiger partial charge in [-0.2, -0.15) is 0 Å². The van der Waals surface area contributed by atoms with Gasteiger partial charge in [0.05, 0.1) is 6.04 Å². The van der Waals surface area contributed by atoms with Crippen LogP contribution in [0.15, 0.2) is 91.0 Å². The van der Waals surface area contributed by atoms with E-state index in [4.69, 9.17) is 0 Å². The number of piperidine rings is 1. The lowest BCUT2D eigenvalue weighted by molar-refractivity contribution is -0.145. The fourth-order valence-electron chi connectivity index (χ4n) is 4.14. The third-order valence-corrected chi connectivity index (χ3v) is 5.72. The summed E-state index contributed by atoms with van der Waals surface area (Å²) < 4.78 is 15.4. The van der Waals surface area contributed by atoms with E-state index in [0.29, 0.717) is 32.6 Å². The van der Waals surface area contributed by atoms with Crippen LogP contribution in [0.4, 0.5) is 4.39 Å². The number of rotatable bonds is 7. The van der Waals surface area contributed by atoms with Gasteiger partial charge in [0.15, 0.2) is 6.17 Å². The normalized spacial score (nSPS) is 19.3. The summed E-state index contributed by atoms with van der Waals surface area (Å²) in [6.45, 7) is 2.27. The molecule has 1 fully saturated rings. The number of nitrogens with zero attached hydrogens (tertiary/aromatic N) is 2.